The van der Waals surface area contributed by atoms with Crippen LogP contribution < -0.4 is 5.32 Å². The summed E-state index contributed by atoms with van der Waals surface area (Å²) in [5.74, 6) is 0.0262. The van der Waals surface area contributed by atoms with E-state index in [1.165, 1.54) is 5.56 Å². The topological polar surface area (TPSA) is 32.3 Å². The zero-order chi connectivity index (χ0) is 11.8. The standard InChI is InChI=1S/C13H18N2O/c1-3-9-14-13(16)11-15(2)10-12-7-5-4-6-8-12/h3-8H,1,9-11H2,2H3,(H,14,16). The van der Waals surface area contributed by atoms with Crippen LogP contribution in [0.15, 0.2) is 43.0 Å². The zero-order valence-corrected chi connectivity index (χ0v) is 9.65. The summed E-state index contributed by atoms with van der Waals surface area (Å²) >= 11 is 0. The molecule has 0 aliphatic heterocycles. The smallest absolute Gasteiger partial charge is 0.234 e. The lowest BCUT2D eigenvalue weighted by atomic mass is 10.2. The van der Waals surface area contributed by atoms with Crippen LogP contribution >= 0.6 is 0 Å². The summed E-state index contributed by atoms with van der Waals surface area (Å²) in [4.78, 5) is 13.4. The van der Waals surface area contributed by atoms with Crippen LogP contribution in [0.3, 0.4) is 0 Å². The number of hydrogen-bond donors (Lipinski definition) is 1. The first-order valence-electron chi connectivity index (χ1n) is 5.32. The van der Waals surface area contributed by atoms with Gasteiger partial charge in [-0.3, -0.25) is 9.69 Å². The molecule has 1 rings (SSSR count). The normalized spacial score (nSPS) is 10.1. The molecule has 0 saturated carbocycles. The van der Waals surface area contributed by atoms with Gasteiger partial charge in [0.05, 0.1) is 6.54 Å². The number of carbonyl (C=O) groups is 1. The highest BCUT2D eigenvalue weighted by Crippen LogP contribution is 2.01. The maximum Gasteiger partial charge on any atom is 0.234 e. The number of hydrogen-bond acceptors (Lipinski definition) is 2. The molecule has 1 amide bonds. The molecule has 0 radical (unpaired) electrons. The number of rotatable bonds is 6. The fraction of sp³-hybridized carbons (Fsp3) is 0.308. The summed E-state index contributed by atoms with van der Waals surface area (Å²) in [6, 6.07) is 10.1. The van der Waals surface area contributed by atoms with Crippen LogP contribution in [0.1, 0.15) is 5.56 Å². The molecule has 0 unspecified atom stereocenters. The minimum Gasteiger partial charge on any atom is -0.352 e. The summed E-state index contributed by atoms with van der Waals surface area (Å²) in [5.41, 5.74) is 1.21. The molecule has 0 spiro atoms. The first kappa shape index (κ1) is 12.5. The van der Waals surface area contributed by atoms with Crippen LogP contribution in [0, 0.1) is 0 Å². The van der Waals surface area contributed by atoms with Crippen LogP contribution in [0.25, 0.3) is 0 Å². The highest BCUT2D eigenvalue weighted by molar-refractivity contribution is 5.78. The number of carbonyl (C=O) groups excluding carboxylic acids is 1. The fourth-order valence-electron chi connectivity index (χ4n) is 1.44. The second-order valence-corrected chi connectivity index (χ2v) is 3.75. The highest BCUT2D eigenvalue weighted by Gasteiger charge is 2.05. The van der Waals surface area contributed by atoms with Crippen LogP contribution in [0.2, 0.25) is 0 Å². The van der Waals surface area contributed by atoms with E-state index >= 15 is 0 Å². The average molecular weight is 218 g/mol. The SMILES string of the molecule is C=CCNC(=O)CN(C)Cc1ccccc1. The van der Waals surface area contributed by atoms with Crippen LogP contribution in [-0.2, 0) is 11.3 Å². The third kappa shape index (κ3) is 4.75. The van der Waals surface area contributed by atoms with Gasteiger partial charge in [-0.25, -0.2) is 0 Å². The predicted octanol–water partition coefficient (Wildman–Crippen LogP) is 1.42. The molecule has 3 nitrogen and oxygen atoms in total. The van der Waals surface area contributed by atoms with Gasteiger partial charge >= 0.3 is 0 Å². The van der Waals surface area contributed by atoms with Crippen molar-refractivity contribution in [1.29, 1.82) is 0 Å². The lowest BCUT2D eigenvalue weighted by Crippen LogP contribution is -2.34. The first-order chi connectivity index (χ1) is 7.72. The summed E-state index contributed by atoms with van der Waals surface area (Å²) in [6.45, 7) is 5.26. The Morgan fingerprint density at radius 3 is 2.75 bits per heavy atom. The van der Waals surface area contributed by atoms with Crippen molar-refractivity contribution in [2.45, 2.75) is 6.54 Å². The molecule has 1 N–H and O–H groups in total. The van der Waals surface area contributed by atoms with Gasteiger partial charge in [0.25, 0.3) is 0 Å². The van der Waals surface area contributed by atoms with Gasteiger partial charge in [-0.05, 0) is 12.6 Å². The Morgan fingerprint density at radius 2 is 2.12 bits per heavy atom. The zero-order valence-electron chi connectivity index (χ0n) is 9.65. The van der Waals surface area contributed by atoms with E-state index in [1.807, 2.05) is 30.1 Å². The summed E-state index contributed by atoms with van der Waals surface area (Å²) in [6.07, 6.45) is 1.68. The summed E-state index contributed by atoms with van der Waals surface area (Å²) in [7, 11) is 1.93. The Balaban J connectivity index is 2.33. The summed E-state index contributed by atoms with van der Waals surface area (Å²) in [5, 5.41) is 2.75. The Hall–Kier alpha value is -1.61. The van der Waals surface area contributed by atoms with Gasteiger partial charge < -0.3 is 5.32 Å². The molecule has 1 aromatic carbocycles. The van der Waals surface area contributed by atoms with Gasteiger partial charge in [-0.1, -0.05) is 36.4 Å². The maximum absolute atomic E-state index is 11.4. The second kappa shape index (κ2) is 6.80. The molecule has 16 heavy (non-hydrogen) atoms. The molecule has 86 valence electrons. The van der Waals surface area contributed by atoms with Crippen LogP contribution in [0.4, 0.5) is 0 Å². The monoisotopic (exact) mass is 218 g/mol. The minimum atomic E-state index is 0.0262. The molecule has 0 aliphatic carbocycles. The molecule has 0 fully saturated rings. The average Bonchev–Trinajstić information content (AvgIpc) is 2.27. The third-order valence-corrected chi connectivity index (χ3v) is 2.15. The van der Waals surface area contributed by atoms with E-state index in [-0.39, 0.29) is 5.91 Å². The van der Waals surface area contributed by atoms with Gasteiger partial charge in [-0.15, -0.1) is 6.58 Å². The van der Waals surface area contributed by atoms with Gasteiger partial charge in [-0.2, -0.15) is 0 Å². The second-order valence-electron chi connectivity index (χ2n) is 3.75. The molecule has 0 aliphatic rings. The van der Waals surface area contributed by atoms with E-state index < -0.39 is 0 Å². The lowest BCUT2D eigenvalue weighted by Gasteiger charge is -2.15. The van der Waals surface area contributed by atoms with Crippen molar-refractivity contribution in [2.24, 2.45) is 0 Å². The number of benzene rings is 1. The van der Waals surface area contributed by atoms with Crippen molar-refractivity contribution in [3.63, 3.8) is 0 Å². The van der Waals surface area contributed by atoms with Crippen molar-refractivity contribution in [2.75, 3.05) is 20.1 Å². The van der Waals surface area contributed by atoms with E-state index in [0.717, 1.165) is 6.54 Å². The van der Waals surface area contributed by atoms with E-state index in [2.05, 4.69) is 24.0 Å². The molecule has 0 aromatic heterocycles. The molecule has 0 bridgehead atoms. The van der Waals surface area contributed by atoms with Crippen molar-refractivity contribution >= 4 is 5.91 Å². The Kier molecular flexibility index (Phi) is 5.29. The van der Waals surface area contributed by atoms with Crippen molar-refractivity contribution in [3.05, 3.63) is 48.6 Å². The summed E-state index contributed by atoms with van der Waals surface area (Å²) < 4.78 is 0. The molecular formula is C13H18N2O. The molecule has 3 heteroatoms. The molecule has 1 aromatic rings. The molecule has 0 heterocycles. The largest absolute Gasteiger partial charge is 0.352 e. The fourth-order valence-corrected chi connectivity index (χ4v) is 1.44. The van der Waals surface area contributed by atoms with Gasteiger partial charge in [0.1, 0.15) is 0 Å². The van der Waals surface area contributed by atoms with E-state index in [1.54, 1.807) is 6.08 Å². The van der Waals surface area contributed by atoms with Gasteiger partial charge in [0.2, 0.25) is 5.91 Å². The lowest BCUT2D eigenvalue weighted by molar-refractivity contribution is -0.121. The maximum atomic E-state index is 11.4. The van der Waals surface area contributed by atoms with E-state index in [9.17, 15) is 4.79 Å². The highest BCUT2D eigenvalue weighted by atomic mass is 16.1. The first-order valence-corrected chi connectivity index (χ1v) is 5.32. The predicted molar refractivity (Wildman–Crippen MR) is 66.0 cm³/mol. The Bertz CT molecular complexity index is 335. The van der Waals surface area contributed by atoms with Gasteiger partial charge in [0, 0.05) is 13.1 Å². The number of likely N-dealkylation sites (N-methyl/N-ethyl adjacent to an activating group) is 1. The number of nitrogens with zero attached hydrogens (tertiary/aromatic N) is 1. The Morgan fingerprint density at radius 1 is 1.44 bits per heavy atom. The minimum absolute atomic E-state index is 0.0262. The van der Waals surface area contributed by atoms with Crippen LogP contribution in [0.5, 0.6) is 0 Å². The van der Waals surface area contributed by atoms with Gasteiger partial charge in [0.15, 0.2) is 0 Å². The van der Waals surface area contributed by atoms with Crippen molar-refractivity contribution in [3.8, 4) is 0 Å². The molecular weight excluding hydrogens is 200 g/mol. The quantitative estimate of drug-likeness (QED) is 0.732. The molecule has 0 atom stereocenters. The van der Waals surface area contributed by atoms with Crippen molar-refractivity contribution in [1.82, 2.24) is 10.2 Å². The number of amides is 1. The van der Waals surface area contributed by atoms with E-state index in [0.29, 0.717) is 13.1 Å². The Labute approximate surface area is 96.8 Å². The van der Waals surface area contributed by atoms with E-state index in [4.69, 9.17) is 0 Å². The number of nitrogens with one attached hydrogen (secondary N) is 1. The third-order valence-electron chi connectivity index (χ3n) is 2.15. The van der Waals surface area contributed by atoms with Crippen molar-refractivity contribution < 1.29 is 4.79 Å². The molecule has 0 saturated heterocycles. The van der Waals surface area contributed by atoms with Crippen LogP contribution in [-0.4, -0.2) is 30.9 Å².